The number of nitrogens with one attached hydrogen (secondary N) is 2. The van der Waals surface area contributed by atoms with Crippen molar-refractivity contribution < 1.29 is 9.90 Å². The van der Waals surface area contributed by atoms with Crippen molar-refractivity contribution in [3.05, 3.63) is 12.7 Å². The van der Waals surface area contributed by atoms with Crippen molar-refractivity contribution in [1.29, 1.82) is 0 Å². The molecule has 3 N–H and O–H groups in total. The summed E-state index contributed by atoms with van der Waals surface area (Å²) in [7, 11) is 0. The van der Waals surface area contributed by atoms with Gasteiger partial charge in [0.25, 0.3) is 0 Å². The minimum absolute atomic E-state index is 0.0451. The van der Waals surface area contributed by atoms with Crippen LogP contribution in [0, 0.1) is 0 Å². The molecule has 0 aliphatic carbocycles. The smallest absolute Gasteiger partial charge is 0.220 e. The summed E-state index contributed by atoms with van der Waals surface area (Å²) in [6.07, 6.45) is 2.60. The highest BCUT2D eigenvalue weighted by Gasteiger charge is 1.98. The minimum Gasteiger partial charge on any atom is -0.392 e. The zero-order chi connectivity index (χ0) is 10.8. The Kier molecular flexibility index (Phi) is 8.17. The molecule has 0 aromatic rings. The molecule has 0 radical (unpaired) electrons. The van der Waals surface area contributed by atoms with Gasteiger partial charge < -0.3 is 15.7 Å². The molecule has 0 aromatic heterocycles. The number of aliphatic hydroxyl groups excluding tert-OH is 1. The summed E-state index contributed by atoms with van der Waals surface area (Å²) in [5.74, 6) is 0.0451. The van der Waals surface area contributed by atoms with Gasteiger partial charge in [-0.2, -0.15) is 0 Å². The molecule has 0 heterocycles. The van der Waals surface area contributed by atoms with Crippen LogP contribution in [0.2, 0.25) is 0 Å². The van der Waals surface area contributed by atoms with E-state index in [0.717, 1.165) is 0 Å². The first-order valence-corrected chi connectivity index (χ1v) is 4.93. The van der Waals surface area contributed by atoms with Crippen LogP contribution < -0.4 is 10.6 Å². The van der Waals surface area contributed by atoms with Crippen LogP contribution in [0.25, 0.3) is 0 Å². The van der Waals surface area contributed by atoms with Gasteiger partial charge in [0.05, 0.1) is 6.10 Å². The van der Waals surface area contributed by atoms with Gasteiger partial charge in [0.1, 0.15) is 0 Å². The van der Waals surface area contributed by atoms with Crippen LogP contribution in [-0.2, 0) is 4.79 Å². The van der Waals surface area contributed by atoms with Crippen LogP contribution in [0.5, 0.6) is 0 Å². The number of rotatable bonds is 8. The Morgan fingerprint density at radius 2 is 2.29 bits per heavy atom. The number of allylic oxidation sites excluding steroid dienone is 1. The molecule has 1 unspecified atom stereocenters. The summed E-state index contributed by atoms with van der Waals surface area (Å²) < 4.78 is 0. The summed E-state index contributed by atoms with van der Waals surface area (Å²) in [5, 5.41) is 14.7. The Bertz CT molecular complexity index is 170. The number of hydrogen-bond acceptors (Lipinski definition) is 3. The standard InChI is InChI=1S/C10H20N2O2/c1-3-4-5-10(14)12-7-6-11-8-9(2)13/h3,9,11,13H,1,4-8H2,2H3,(H,12,14). The quantitative estimate of drug-likeness (QED) is 0.383. The van der Waals surface area contributed by atoms with Crippen molar-refractivity contribution in [1.82, 2.24) is 10.6 Å². The molecule has 0 bridgehead atoms. The van der Waals surface area contributed by atoms with Crippen LogP contribution in [0.1, 0.15) is 19.8 Å². The van der Waals surface area contributed by atoms with Crippen molar-refractivity contribution in [2.45, 2.75) is 25.9 Å². The number of amides is 1. The predicted octanol–water partition coefficient (Wildman–Crippen LogP) is 0.0392. The fourth-order valence-electron chi connectivity index (χ4n) is 0.923. The van der Waals surface area contributed by atoms with Crippen LogP contribution in [0.3, 0.4) is 0 Å². The van der Waals surface area contributed by atoms with Gasteiger partial charge in [-0.15, -0.1) is 6.58 Å². The average Bonchev–Trinajstić information content (AvgIpc) is 2.13. The number of carbonyl (C=O) groups is 1. The summed E-state index contributed by atoms with van der Waals surface area (Å²) >= 11 is 0. The second kappa shape index (κ2) is 8.72. The number of hydrogen-bond donors (Lipinski definition) is 3. The lowest BCUT2D eigenvalue weighted by atomic mass is 10.3. The maximum Gasteiger partial charge on any atom is 0.220 e. The highest BCUT2D eigenvalue weighted by molar-refractivity contribution is 5.75. The third-order valence-corrected chi connectivity index (χ3v) is 1.64. The summed E-state index contributed by atoms with van der Waals surface area (Å²) in [6.45, 7) is 7.10. The number of carbonyl (C=O) groups excluding carboxylic acids is 1. The van der Waals surface area contributed by atoms with Gasteiger partial charge in [-0.1, -0.05) is 6.08 Å². The van der Waals surface area contributed by atoms with Crippen molar-refractivity contribution >= 4 is 5.91 Å². The molecule has 82 valence electrons. The van der Waals surface area contributed by atoms with E-state index in [2.05, 4.69) is 17.2 Å². The summed E-state index contributed by atoms with van der Waals surface area (Å²) in [4.78, 5) is 11.1. The van der Waals surface area contributed by atoms with E-state index in [4.69, 9.17) is 5.11 Å². The van der Waals surface area contributed by atoms with Gasteiger partial charge in [-0.25, -0.2) is 0 Å². The summed E-state index contributed by atoms with van der Waals surface area (Å²) in [5.41, 5.74) is 0. The van der Waals surface area contributed by atoms with Gasteiger partial charge in [0, 0.05) is 26.1 Å². The highest BCUT2D eigenvalue weighted by Crippen LogP contribution is 1.87. The van der Waals surface area contributed by atoms with Gasteiger partial charge in [-0.3, -0.25) is 4.79 Å². The highest BCUT2D eigenvalue weighted by atomic mass is 16.3. The fraction of sp³-hybridized carbons (Fsp3) is 0.700. The van der Waals surface area contributed by atoms with E-state index in [1.54, 1.807) is 13.0 Å². The Labute approximate surface area is 85.4 Å². The topological polar surface area (TPSA) is 61.4 Å². The molecule has 0 spiro atoms. The first-order valence-electron chi connectivity index (χ1n) is 4.93. The largest absolute Gasteiger partial charge is 0.392 e. The van der Waals surface area contributed by atoms with E-state index >= 15 is 0 Å². The molecule has 0 rings (SSSR count). The monoisotopic (exact) mass is 200 g/mol. The molecule has 0 saturated heterocycles. The zero-order valence-corrected chi connectivity index (χ0v) is 8.75. The molecule has 4 nitrogen and oxygen atoms in total. The second-order valence-electron chi connectivity index (χ2n) is 3.23. The van der Waals surface area contributed by atoms with Gasteiger partial charge in [0.2, 0.25) is 5.91 Å². The normalized spacial score (nSPS) is 12.1. The lowest BCUT2D eigenvalue weighted by molar-refractivity contribution is -0.120. The zero-order valence-electron chi connectivity index (χ0n) is 8.75. The van der Waals surface area contributed by atoms with E-state index in [9.17, 15) is 4.79 Å². The third kappa shape index (κ3) is 9.22. The van der Waals surface area contributed by atoms with E-state index in [-0.39, 0.29) is 12.0 Å². The maximum atomic E-state index is 11.1. The van der Waals surface area contributed by atoms with E-state index in [1.165, 1.54) is 0 Å². The van der Waals surface area contributed by atoms with Crippen molar-refractivity contribution in [2.75, 3.05) is 19.6 Å². The van der Waals surface area contributed by atoms with Gasteiger partial charge in [0.15, 0.2) is 0 Å². The number of aliphatic hydroxyl groups is 1. The lowest BCUT2D eigenvalue weighted by Gasteiger charge is -2.07. The molecule has 0 aliphatic rings. The van der Waals surface area contributed by atoms with Crippen LogP contribution in [-0.4, -0.2) is 36.8 Å². The third-order valence-electron chi connectivity index (χ3n) is 1.64. The van der Waals surface area contributed by atoms with E-state index in [0.29, 0.717) is 32.5 Å². The summed E-state index contributed by atoms with van der Waals surface area (Å²) in [6, 6.07) is 0. The second-order valence-corrected chi connectivity index (χ2v) is 3.23. The molecule has 0 aromatic carbocycles. The van der Waals surface area contributed by atoms with Crippen molar-refractivity contribution in [3.8, 4) is 0 Å². The van der Waals surface area contributed by atoms with Crippen LogP contribution in [0.4, 0.5) is 0 Å². The molecule has 0 saturated carbocycles. The first-order chi connectivity index (χ1) is 6.66. The average molecular weight is 200 g/mol. The Morgan fingerprint density at radius 3 is 2.86 bits per heavy atom. The predicted molar refractivity (Wildman–Crippen MR) is 57.0 cm³/mol. The molecule has 14 heavy (non-hydrogen) atoms. The Balaban J connectivity index is 3.18. The fourth-order valence-corrected chi connectivity index (χ4v) is 0.923. The van der Waals surface area contributed by atoms with E-state index in [1.807, 2.05) is 0 Å². The van der Waals surface area contributed by atoms with Crippen LogP contribution in [0.15, 0.2) is 12.7 Å². The van der Waals surface area contributed by atoms with Crippen LogP contribution >= 0.6 is 0 Å². The van der Waals surface area contributed by atoms with E-state index < -0.39 is 0 Å². The molecule has 1 amide bonds. The Hall–Kier alpha value is -0.870. The van der Waals surface area contributed by atoms with Crippen molar-refractivity contribution in [2.24, 2.45) is 0 Å². The Morgan fingerprint density at radius 1 is 1.57 bits per heavy atom. The molecular weight excluding hydrogens is 180 g/mol. The van der Waals surface area contributed by atoms with Gasteiger partial charge in [-0.05, 0) is 13.3 Å². The van der Waals surface area contributed by atoms with Crippen molar-refractivity contribution in [3.63, 3.8) is 0 Å². The molecule has 0 fully saturated rings. The lowest BCUT2D eigenvalue weighted by Crippen LogP contribution is -2.34. The minimum atomic E-state index is -0.341. The first kappa shape index (κ1) is 13.1. The molecular formula is C10H20N2O2. The van der Waals surface area contributed by atoms with Gasteiger partial charge >= 0.3 is 0 Å². The molecule has 0 aliphatic heterocycles. The molecule has 4 heteroatoms. The SMILES string of the molecule is C=CCCC(=O)NCCNCC(C)O. The maximum absolute atomic E-state index is 11.1. The molecule has 1 atom stereocenters.